The molecule has 1 rings (SSSR count). The molecular weight excluding hydrogens is 140 g/mol. The molecule has 0 atom stereocenters. The third-order valence-electron chi connectivity index (χ3n) is 2.05. The molecule has 0 amide bonds. The van der Waals surface area contributed by atoms with Gasteiger partial charge in [0.05, 0.1) is 18.0 Å². The number of aliphatic imine (C=N–C) groups is 1. The third kappa shape index (κ3) is 2.89. The van der Waals surface area contributed by atoms with E-state index in [9.17, 15) is 5.11 Å². The van der Waals surface area contributed by atoms with Gasteiger partial charge in [0.2, 0.25) is 0 Å². The first-order chi connectivity index (χ1) is 5.18. The van der Waals surface area contributed by atoms with Gasteiger partial charge in [-0.15, -0.1) is 0 Å². The minimum absolute atomic E-state index is 0.0977. The Balaban J connectivity index is 2.34. The summed E-state index contributed by atoms with van der Waals surface area (Å²) in [6.07, 6.45) is 3.62. The topological polar surface area (TPSA) is 58.6 Å². The molecule has 0 heterocycles. The van der Waals surface area contributed by atoms with E-state index in [0.29, 0.717) is 11.9 Å². The summed E-state index contributed by atoms with van der Waals surface area (Å²) >= 11 is 0. The molecule has 0 radical (unpaired) electrons. The van der Waals surface area contributed by atoms with E-state index >= 15 is 0 Å². The number of aliphatic hydroxyl groups excluding tert-OH is 1. The fourth-order valence-electron chi connectivity index (χ4n) is 1.48. The van der Waals surface area contributed by atoms with Gasteiger partial charge < -0.3 is 10.8 Å². The van der Waals surface area contributed by atoms with Gasteiger partial charge in [0, 0.05) is 0 Å². The smallest absolute Gasteiger partial charge is 0.0909 e. The highest BCUT2D eigenvalue weighted by molar-refractivity contribution is 5.77. The Bertz CT molecular complexity index is 144. The lowest BCUT2D eigenvalue weighted by Crippen LogP contribution is -2.22. The average molecular weight is 156 g/mol. The standard InChI is InChI=1S/C8H16N2O/c1-6(9)10-7-2-4-8(11)5-3-7/h7-8,11H,2-5H2,1H3,(H2,9,10). The fraction of sp³-hybridized carbons (Fsp3) is 0.875. The maximum absolute atomic E-state index is 9.18. The molecule has 1 saturated carbocycles. The molecule has 11 heavy (non-hydrogen) atoms. The van der Waals surface area contributed by atoms with E-state index < -0.39 is 0 Å². The Labute approximate surface area is 67.3 Å². The second kappa shape index (κ2) is 3.72. The Hall–Kier alpha value is -0.570. The van der Waals surface area contributed by atoms with Crippen LogP contribution in [0.1, 0.15) is 32.6 Å². The summed E-state index contributed by atoms with van der Waals surface area (Å²) < 4.78 is 0. The summed E-state index contributed by atoms with van der Waals surface area (Å²) in [6, 6.07) is 0.364. The number of hydrogen-bond donors (Lipinski definition) is 2. The number of amidine groups is 1. The van der Waals surface area contributed by atoms with Crippen LogP contribution < -0.4 is 5.73 Å². The van der Waals surface area contributed by atoms with Crippen LogP contribution in [0.5, 0.6) is 0 Å². The van der Waals surface area contributed by atoms with Crippen molar-refractivity contribution < 1.29 is 5.11 Å². The number of aliphatic hydroxyl groups is 1. The van der Waals surface area contributed by atoms with Crippen LogP contribution in [0.15, 0.2) is 4.99 Å². The molecule has 3 heteroatoms. The summed E-state index contributed by atoms with van der Waals surface area (Å²) in [4.78, 5) is 4.25. The van der Waals surface area contributed by atoms with Crippen molar-refractivity contribution in [3.8, 4) is 0 Å². The average Bonchev–Trinajstić information content (AvgIpc) is 1.93. The zero-order chi connectivity index (χ0) is 8.27. The molecule has 0 unspecified atom stereocenters. The summed E-state index contributed by atoms with van der Waals surface area (Å²) in [7, 11) is 0. The maximum atomic E-state index is 9.18. The lowest BCUT2D eigenvalue weighted by molar-refractivity contribution is 0.123. The molecule has 0 aromatic carbocycles. The van der Waals surface area contributed by atoms with Crippen molar-refractivity contribution in [2.45, 2.75) is 44.8 Å². The van der Waals surface area contributed by atoms with Crippen molar-refractivity contribution >= 4 is 5.84 Å². The predicted molar refractivity (Wildman–Crippen MR) is 45.6 cm³/mol. The number of hydrogen-bond acceptors (Lipinski definition) is 2. The lowest BCUT2D eigenvalue weighted by atomic mass is 9.94. The van der Waals surface area contributed by atoms with Crippen molar-refractivity contribution in [2.24, 2.45) is 10.7 Å². The summed E-state index contributed by atoms with van der Waals surface area (Å²) in [5.74, 6) is 0.659. The van der Waals surface area contributed by atoms with Crippen LogP contribution in [0.4, 0.5) is 0 Å². The lowest BCUT2D eigenvalue weighted by Gasteiger charge is -2.22. The molecule has 0 aromatic heterocycles. The van der Waals surface area contributed by atoms with E-state index in [1.54, 1.807) is 0 Å². The van der Waals surface area contributed by atoms with Gasteiger partial charge in [0.15, 0.2) is 0 Å². The van der Waals surface area contributed by atoms with Crippen LogP contribution >= 0.6 is 0 Å². The van der Waals surface area contributed by atoms with E-state index in [2.05, 4.69) is 4.99 Å². The maximum Gasteiger partial charge on any atom is 0.0909 e. The molecule has 0 aliphatic heterocycles. The first kappa shape index (κ1) is 8.53. The monoisotopic (exact) mass is 156 g/mol. The van der Waals surface area contributed by atoms with Gasteiger partial charge in [-0.1, -0.05) is 0 Å². The molecule has 3 N–H and O–H groups in total. The normalized spacial score (nSPS) is 33.8. The molecular formula is C8H16N2O. The van der Waals surface area contributed by atoms with Gasteiger partial charge in [0.1, 0.15) is 0 Å². The molecule has 1 fully saturated rings. The van der Waals surface area contributed by atoms with E-state index in [1.165, 1.54) is 0 Å². The van der Waals surface area contributed by atoms with E-state index in [0.717, 1.165) is 25.7 Å². The number of nitrogens with zero attached hydrogens (tertiary/aromatic N) is 1. The van der Waals surface area contributed by atoms with Crippen molar-refractivity contribution in [3.05, 3.63) is 0 Å². The van der Waals surface area contributed by atoms with Gasteiger partial charge in [-0.25, -0.2) is 0 Å². The highest BCUT2D eigenvalue weighted by Crippen LogP contribution is 2.20. The van der Waals surface area contributed by atoms with E-state index in [1.807, 2.05) is 6.92 Å². The SMILES string of the molecule is CC(N)=NC1CCC(O)CC1. The fourth-order valence-corrected chi connectivity index (χ4v) is 1.48. The van der Waals surface area contributed by atoms with Crippen LogP contribution in [0.2, 0.25) is 0 Å². The molecule has 0 bridgehead atoms. The van der Waals surface area contributed by atoms with Gasteiger partial charge in [-0.2, -0.15) is 0 Å². The minimum atomic E-state index is -0.0977. The predicted octanol–water partition coefficient (Wildman–Crippen LogP) is 0.667. The molecule has 0 saturated heterocycles. The first-order valence-corrected chi connectivity index (χ1v) is 4.16. The van der Waals surface area contributed by atoms with Crippen LogP contribution in [0.25, 0.3) is 0 Å². The van der Waals surface area contributed by atoms with E-state index in [-0.39, 0.29) is 6.10 Å². The molecule has 0 spiro atoms. The summed E-state index contributed by atoms with van der Waals surface area (Å²) in [5, 5.41) is 9.18. The molecule has 64 valence electrons. The second-order valence-electron chi connectivity index (χ2n) is 3.23. The van der Waals surface area contributed by atoms with Gasteiger partial charge in [0.25, 0.3) is 0 Å². The highest BCUT2D eigenvalue weighted by Gasteiger charge is 2.17. The first-order valence-electron chi connectivity index (χ1n) is 4.16. The van der Waals surface area contributed by atoms with Crippen LogP contribution in [-0.4, -0.2) is 23.1 Å². The van der Waals surface area contributed by atoms with Crippen molar-refractivity contribution in [1.82, 2.24) is 0 Å². The quantitative estimate of drug-likeness (QED) is 0.433. The largest absolute Gasteiger partial charge is 0.393 e. The Morgan fingerprint density at radius 1 is 1.36 bits per heavy atom. The zero-order valence-corrected chi connectivity index (χ0v) is 6.95. The Kier molecular flexibility index (Phi) is 2.88. The van der Waals surface area contributed by atoms with Crippen LogP contribution in [-0.2, 0) is 0 Å². The Morgan fingerprint density at radius 2 is 1.91 bits per heavy atom. The van der Waals surface area contributed by atoms with Gasteiger partial charge in [-0.05, 0) is 32.6 Å². The minimum Gasteiger partial charge on any atom is -0.393 e. The summed E-state index contributed by atoms with van der Waals surface area (Å²) in [6.45, 7) is 1.81. The molecule has 0 aromatic rings. The van der Waals surface area contributed by atoms with Crippen molar-refractivity contribution in [3.63, 3.8) is 0 Å². The zero-order valence-electron chi connectivity index (χ0n) is 6.95. The van der Waals surface area contributed by atoms with Crippen LogP contribution in [0.3, 0.4) is 0 Å². The van der Waals surface area contributed by atoms with Crippen molar-refractivity contribution in [1.29, 1.82) is 0 Å². The van der Waals surface area contributed by atoms with Crippen molar-refractivity contribution in [2.75, 3.05) is 0 Å². The second-order valence-corrected chi connectivity index (χ2v) is 3.23. The number of nitrogens with two attached hydrogens (primary N) is 1. The number of rotatable bonds is 1. The van der Waals surface area contributed by atoms with Gasteiger partial charge in [-0.3, -0.25) is 4.99 Å². The summed E-state index contributed by atoms with van der Waals surface area (Å²) in [5.41, 5.74) is 5.45. The Morgan fingerprint density at radius 3 is 2.36 bits per heavy atom. The van der Waals surface area contributed by atoms with Crippen LogP contribution in [0, 0.1) is 0 Å². The molecule has 1 aliphatic rings. The third-order valence-corrected chi connectivity index (χ3v) is 2.05. The molecule has 1 aliphatic carbocycles. The van der Waals surface area contributed by atoms with Gasteiger partial charge >= 0.3 is 0 Å². The molecule has 3 nitrogen and oxygen atoms in total. The van der Waals surface area contributed by atoms with E-state index in [4.69, 9.17) is 5.73 Å². The highest BCUT2D eigenvalue weighted by atomic mass is 16.3.